The van der Waals surface area contributed by atoms with Gasteiger partial charge in [-0.25, -0.2) is 0 Å². The van der Waals surface area contributed by atoms with Gasteiger partial charge < -0.3 is 10.1 Å². The highest BCUT2D eigenvalue weighted by Gasteiger charge is 2.40. The number of esters is 1. The molecule has 1 aliphatic rings. The van der Waals surface area contributed by atoms with Crippen LogP contribution in [-0.2, 0) is 14.3 Å². The Morgan fingerprint density at radius 2 is 2.00 bits per heavy atom. The topological polar surface area (TPSA) is 55.4 Å². The highest BCUT2D eigenvalue weighted by atomic mass is 16.5. The van der Waals surface area contributed by atoms with Crippen LogP contribution in [0.15, 0.2) is 30.3 Å². The van der Waals surface area contributed by atoms with E-state index < -0.39 is 0 Å². The van der Waals surface area contributed by atoms with Gasteiger partial charge in [-0.3, -0.25) is 9.59 Å². The van der Waals surface area contributed by atoms with Crippen LogP contribution in [-0.4, -0.2) is 19.0 Å². The van der Waals surface area contributed by atoms with Crippen molar-refractivity contribution in [2.24, 2.45) is 11.8 Å². The molecule has 0 spiro atoms. The van der Waals surface area contributed by atoms with Crippen LogP contribution in [0.4, 0.5) is 0 Å². The van der Waals surface area contributed by atoms with Gasteiger partial charge in [0.2, 0.25) is 5.91 Å². The number of carbonyl (C=O) groups is 2. The molecule has 19 heavy (non-hydrogen) atoms. The summed E-state index contributed by atoms with van der Waals surface area (Å²) < 4.78 is 4.69. The Balaban J connectivity index is 2.06. The first-order valence-electron chi connectivity index (χ1n) is 6.54. The molecule has 1 amide bonds. The fourth-order valence-corrected chi connectivity index (χ4v) is 2.15. The van der Waals surface area contributed by atoms with Crippen molar-refractivity contribution in [1.29, 1.82) is 0 Å². The zero-order chi connectivity index (χ0) is 13.8. The highest BCUT2D eigenvalue weighted by molar-refractivity contribution is 5.82. The van der Waals surface area contributed by atoms with E-state index in [9.17, 15) is 9.59 Å². The molecule has 0 saturated heterocycles. The van der Waals surface area contributed by atoms with Gasteiger partial charge in [-0.15, -0.1) is 0 Å². The average molecular weight is 261 g/mol. The lowest BCUT2D eigenvalue weighted by atomic mass is 10.0. The predicted molar refractivity (Wildman–Crippen MR) is 71.2 cm³/mol. The first-order valence-corrected chi connectivity index (χ1v) is 6.54. The molecule has 0 aromatic heterocycles. The van der Waals surface area contributed by atoms with E-state index in [4.69, 9.17) is 4.74 Å². The first-order chi connectivity index (χ1) is 9.11. The smallest absolute Gasteiger partial charge is 0.307 e. The molecule has 1 N–H and O–H groups in total. The van der Waals surface area contributed by atoms with E-state index in [1.165, 1.54) is 7.11 Å². The number of carbonyl (C=O) groups excluding carboxylic acids is 2. The lowest BCUT2D eigenvalue weighted by molar-refractivity contribution is -0.141. The maximum Gasteiger partial charge on any atom is 0.307 e. The van der Waals surface area contributed by atoms with E-state index >= 15 is 0 Å². The van der Waals surface area contributed by atoms with Crippen LogP contribution in [0.5, 0.6) is 0 Å². The van der Waals surface area contributed by atoms with Crippen molar-refractivity contribution in [3.8, 4) is 0 Å². The van der Waals surface area contributed by atoms with Gasteiger partial charge in [-0.2, -0.15) is 0 Å². The SMILES string of the molecule is COC(=O)C[C@H](NC(=O)[C@H]1C[C@@H]1C)c1ccccc1. The molecule has 0 unspecified atom stereocenters. The molecule has 0 radical (unpaired) electrons. The number of hydrogen-bond donors (Lipinski definition) is 1. The molecule has 4 heteroatoms. The summed E-state index contributed by atoms with van der Waals surface area (Å²) in [5.41, 5.74) is 0.926. The molecule has 4 nitrogen and oxygen atoms in total. The quantitative estimate of drug-likeness (QED) is 0.825. The number of nitrogens with one attached hydrogen (secondary N) is 1. The van der Waals surface area contributed by atoms with E-state index in [-0.39, 0.29) is 30.3 Å². The minimum absolute atomic E-state index is 0.0326. The van der Waals surface area contributed by atoms with Gasteiger partial charge in [0.15, 0.2) is 0 Å². The number of methoxy groups -OCH3 is 1. The third kappa shape index (κ3) is 3.56. The fourth-order valence-electron chi connectivity index (χ4n) is 2.15. The molecular formula is C15H19NO3. The number of rotatable bonds is 5. The molecule has 1 aromatic rings. The molecule has 0 heterocycles. The van der Waals surface area contributed by atoms with Gasteiger partial charge in [-0.1, -0.05) is 37.3 Å². The monoisotopic (exact) mass is 261 g/mol. The molecule has 1 aromatic carbocycles. The summed E-state index contributed by atoms with van der Waals surface area (Å²) in [7, 11) is 1.36. The van der Waals surface area contributed by atoms with Crippen LogP contribution in [0.2, 0.25) is 0 Å². The Hall–Kier alpha value is -1.84. The van der Waals surface area contributed by atoms with Gasteiger partial charge in [-0.05, 0) is 17.9 Å². The number of amides is 1. The van der Waals surface area contributed by atoms with Crippen LogP contribution in [0, 0.1) is 11.8 Å². The largest absolute Gasteiger partial charge is 0.469 e. The molecule has 1 fully saturated rings. The van der Waals surface area contributed by atoms with Crippen molar-refractivity contribution >= 4 is 11.9 Å². The average Bonchev–Trinajstić information content (AvgIpc) is 3.16. The van der Waals surface area contributed by atoms with Crippen LogP contribution >= 0.6 is 0 Å². The molecule has 0 bridgehead atoms. The van der Waals surface area contributed by atoms with Gasteiger partial charge in [0.05, 0.1) is 19.6 Å². The zero-order valence-electron chi connectivity index (χ0n) is 11.3. The summed E-state index contributed by atoms with van der Waals surface area (Å²) in [4.78, 5) is 23.5. The maximum atomic E-state index is 12.0. The van der Waals surface area contributed by atoms with Crippen LogP contribution in [0.3, 0.4) is 0 Å². The Kier molecular flexibility index (Phi) is 4.20. The summed E-state index contributed by atoms with van der Waals surface area (Å²) in [6.45, 7) is 2.06. The fraction of sp³-hybridized carbons (Fsp3) is 0.467. The Labute approximate surface area is 113 Å². The van der Waals surface area contributed by atoms with Crippen molar-refractivity contribution in [1.82, 2.24) is 5.32 Å². The third-order valence-electron chi connectivity index (χ3n) is 3.56. The lowest BCUT2D eigenvalue weighted by Crippen LogP contribution is -2.31. The maximum absolute atomic E-state index is 12.0. The number of benzene rings is 1. The van der Waals surface area contributed by atoms with Crippen LogP contribution in [0.1, 0.15) is 31.4 Å². The van der Waals surface area contributed by atoms with E-state index in [1.54, 1.807) is 0 Å². The number of ether oxygens (including phenoxy) is 1. The van der Waals surface area contributed by atoms with Gasteiger partial charge in [0.1, 0.15) is 0 Å². The van der Waals surface area contributed by atoms with Gasteiger partial charge >= 0.3 is 5.97 Å². The predicted octanol–water partition coefficient (Wildman–Crippen LogP) is 2.06. The van der Waals surface area contributed by atoms with Crippen molar-refractivity contribution < 1.29 is 14.3 Å². The zero-order valence-corrected chi connectivity index (χ0v) is 11.3. The molecule has 0 aliphatic heterocycles. The standard InChI is InChI=1S/C15H19NO3/c1-10-8-12(10)15(18)16-13(9-14(17)19-2)11-6-4-3-5-7-11/h3-7,10,12-13H,8-9H2,1-2H3,(H,16,18)/t10-,12-,13-/m0/s1. The van der Waals surface area contributed by atoms with Crippen molar-refractivity contribution in [2.45, 2.75) is 25.8 Å². The second-order valence-electron chi connectivity index (χ2n) is 5.07. The summed E-state index contributed by atoms with van der Waals surface area (Å²) in [6.07, 6.45) is 1.10. The molecular weight excluding hydrogens is 242 g/mol. The lowest BCUT2D eigenvalue weighted by Gasteiger charge is -2.18. The van der Waals surface area contributed by atoms with Crippen LogP contribution < -0.4 is 5.32 Å². The molecule has 2 rings (SSSR count). The minimum Gasteiger partial charge on any atom is -0.469 e. The Morgan fingerprint density at radius 3 is 2.53 bits per heavy atom. The molecule has 102 valence electrons. The summed E-state index contributed by atoms with van der Waals surface area (Å²) in [5, 5.41) is 2.95. The van der Waals surface area contributed by atoms with Crippen molar-refractivity contribution in [2.75, 3.05) is 7.11 Å². The summed E-state index contributed by atoms with van der Waals surface area (Å²) in [5.74, 6) is 0.265. The minimum atomic E-state index is -0.321. The Bertz CT molecular complexity index is 458. The first kappa shape index (κ1) is 13.6. The number of hydrogen-bond acceptors (Lipinski definition) is 3. The van der Waals surface area contributed by atoms with E-state index in [2.05, 4.69) is 12.2 Å². The summed E-state index contributed by atoms with van der Waals surface area (Å²) >= 11 is 0. The second kappa shape index (κ2) is 5.87. The van der Waals surface area contributed by atoms with Crippen molar-refractivity contribution in [3.63, 3.8) is 0 Å². The van der Waals surface area contributed by atoms with E-state index in [0.717, 1.165) is 12.0 Å². The highest BCUT2D eigenvalue weighted by Crippen LogP contribution is 2.38. The van der Waals surface area contributed by atoms with Gasteiger partial charge in [0, 0.05) is 5.92 Å². The molecule has 3 atom stereocenters. The van der Waals surface area contributed by atoms with Crippen LogP contribution in [0.25, 0.3) is 0 Å². The van der Waals surface area contributed by atoms with E-state index in [1.807, 2.05) is 30.3 Å². The normalized spacial score (nSPS) is 22.4. The summed E-state index contributed by atoms with van der Waals surface area (Å²) in [6, 6.07) is 9.20. The van der Waals surface area contributed by atoms with E-state index in [0.29, 0.717) is 5.92 Å². The molecule has 1 saturated carbocycles. The second-order valence-corrected chi connectivity index (χ2v) is 5.07. The Morgan fingerprint density at radius 1 is 1.37 bits per heavy atom. The third-order valence-corrected chi connectivity index (χ3v) is 3.56. The molecule has 1 aliphatic carbocycles. The van der Waals surface area contributed by atoms with Crippen molar-refractivity contribution in [3.05, 3.63) is 35.9 Å². The van der Waals surface area contributed by atoms with Gasteiger partial charge in [0.25, 0.3) is 0 Å².